The maximum atomic E-state index is 13.3. The van der Waals surface area contributed by atoms with Gasteiger partial charge in [0.25, 0.3) is 0 Å². The Morgan fingerprint density at radius 2 is 2.14 bits per heavy atom. The summed E-state index contributed by atoms with van der Waals surface area (Å²) in [4.78, 5) is 13.3. The lowest BCUT2D eigenvalue weighted by atomic mass is 9.60. The molecule has 0 amide bonds. The summed E-state index contributed by atoms with van der Waals surface area (Å²) in [5, 5.41) is 16.5. The molecular weight excluding hydrogens is 362 g/mol. The lowest BCUT2D eigenvalue weighted by Crippen LogP contribution is -2.50. The van der Waals surface area contributed by atoms with Gasteiger partial charge >= 0.3 is 0 Å². The number of aromatic nitrogens is 2. The summed E-state index contributed by atoms with van der Waals surface area (Å²) in [6.07, 6.45) is 7.82. The number of allylic oxidation sites excluding steroid dienone is 2. The number of fused-ring (bicyclic) bond motifs is 1. The standard InChI is InChI=1S/C23H25N5O/c1-4-23(17-7-5-6-15(10-17)16-11-25-28(3)13-16)18-12-24-27-22(18)26-19-8-14(2)9-20(29)21(19)23/h5-7,10-14,22,26H,4,8-9H2,1-3H3/t14-,22?,23+/m1/s1. The van der Waals surface area contributed by atoms with Gasteiger partial charge in [0.15, 0.2) is 11.9 Å². The number of rotatable bonds is 3. The van der Waals surface area contributed by atoms with E-state index in [4.69, 9.17) is 0 Å². The van der Waals surface area contributed by atoms with Gasteiger partial charge in [-0.2, -0.15) is 15.3 Å². The zero-order chi connectivity index (χ0) is 20.2. The number of Topliss-reactive ketones (excluding diaryl/α,β-unsaturated/α-hetero) is 1. The van der Waals surface area contributed by atoms with Gasteiger partial charge in [-0.25, -0.2) is 0 Å². The van der Waals surface area contributed by atoms with Crippen LogP contribution in [0.15, 0.2) is 69.9 Å². The van der Waals surface area contributed by atoms with Crippen LogP contribution < -0.4 is 5.32 Å². The van der Waals surface area contributed by atoms with Gasteiger partial charge in [-0.1, -0.05) is 32.0 Å². The number of ketones is 1. The SMILES string of the molecule is CC[C@]1(c2cccc(-c3cnn(C)c3)c2)C2=CN=NC2NC2=C1C(=O)C[C@H](C)C2. The van der Waals surface area contributed by atoms with Crippen LogP contribution in [0.4, 0.5) is 0 Å². The molecular formula is C23H25N5O. The molecule has 29 heavy (non-hydrogen) atoms. The predicted molar refractivity (Wildman–Crippen MR) is 111 cm³/mol. The molecule has 6 nitrogen and oxygen atoms in total. The monoisotopic (exact) mass is 387 g/mol. The maximum Gasteiger partial charge on any atom is 0.164 e. The first-order chi connectivity index (χ1) is 14.0. The van der Waals surface area contributed by atoms with E-state index in [0.29, 0.717) is 12.3 Å². The second kappa shape index (κ2) is 6.51. The Kier molecular flexibility index (Phi) is 4.05. The number of nitrogens with zero attached hydrogens (tertiary/aromatic N) is 4. The van der Waals surface area contributed by atoms with E-state index < -0.39 is 5.41 Å². The molecule has 3 heterocycles. The smallest absolute Gasteiger partial charge is 0.164 e. The number of azo groups is 1. The molecule has 1 aromatic carbocycles. The van der Waals surface area contributed by atoms with Crippen molar-refractivity contribution in [2.75, 3.05) is 0 Å². The fraction of sp³-hybridized carbons (Fsp3) is 0.391. The van der Waals surface area contributed by atoms with Crippen molar-refractivity contribution >= 4 is 5.78 Å². The summed E-state index contributed by atoms with van der Waals surface area (Å²) in [6.45, 7) is 4.30. The van der Waals surface area contributed by atoms with Gasteiger partial charge in [-0.15, -0.1) is 0 Å². The third-order valence-electron chi connectivity index (χ3n) is 6.50. The van der Waals surface area contributed by atoms with Gasteiger partial charge in [0.05, 0.1) is 17.8 Å². The van der Waals surface area contributed by atoms with Crippen LogP contribution >= 0.6 is 0 Å². The van der Waals surface area contributed by atoms with E-state index >= 15 is 0 Å². The van der Waals surface area contributed by atoms with Crippen LogP contribution in [0.1, 0.15) is 38.7 Å². The molecule has 1 aromatic heterocycles. The topological polar surface area (TPSA) is 71.6 Å². The molecule has 1 aliphatic carbocycles. The molecule has 2 aliphatic heterocycles. The third-order valence-corrected chi connectivity index (χ3v) is 6.50. The minimum atomic E-state index is -0.496. The molecule has 6 heteroatoms. The highest BCUT2D eigenvalue weighted by Gasteiger charge is 2.51. The van der Waals surface area contributed by atoms with E-state index in [1.54, 1.807) is 0 Å². The molecule has 5 rings (SSSR count). The fourth-order valence-corrected chi connectivity index (χ4v) is 5.22. The Balaban J connectivity index is 1.73. The van der Waals surface area contributed by atoms with Crippen molar-refractivity contribution in [1.29, 1.82) is 0 Å². The molecule has 0 saturated heterocycles. The molecule has 1 N–H and O–H groups in total. The maximum absolute atomic E-state index is 13.3. The fourth-order valence-electron chi connectivity index (χ4n) is 5.22. The number of aryl methyl sites for hydroxylation is 1. The second-order valence-electron chi connectivity index (χ2n) is 8.39. The number of nitrogens with one attached hydrogen (secondary N) is 1. The Morgan fingerprint density at radius 1 is 1.28 bits per heavy atom. The van der Waals surface area contributed by atoms with Crippen molar-refractivity contribution in [2.45, 2.75) is 44.7 Å². The van der Waals surface area contributed by atoms with Crippen molar-refractivity contribution in [3.63, 3.8) is 0 Å². The molecule has 1 unspecified atom stereocenters. The number of carbonyl (C=O) groups excluding carboxylic acids is 1. The van der Waals surface area contributed by atoms with Gasteiger partial charge in [-0.05, 0) is 36.0 Å². The van der Waals surface area contributed by atoms with Crippen molar-refractivity contribution in [2.24, 2.45) is 23.2 Å². The first kappa shape index (κ1) is 18.0. The van der Waals surface area contributed by atoms with Crippen molar-refractivity contribution in [1.82, 2.24) is 15.1 Å². The van der Waals surface area contributed by atoms with E-state index in [1.165, 1.54) is 0 Å². The van der Waals surface area contributed by atoms with Crippen LogP contribution in [-0.2, 0) is 17.3 Å². The normalized spacial score (nSPS) is 28.1. The van der Waals surface area contributed by atoms with Crippen LogP contribution in [0, 0.1) is 5.92 Å². The Hall–Kier alpha value is -3.02. The van der Waals surface area contributed by atoms with Crippen LogP contribution in [0.3, 0.4) is 0 Å². The number of hydrogen-bond acceptors (Lipinski definition) is 5. The quantitative estimate of drug-likeness (QED) is 0.855. The molecule has 0 radical (unpaired) electrons. The minimum Gasteiger partial charge on any atom is -0.362 e. The van der Waals surface area contributed by atoms with E-state index in [9.17, 15) is 4.79 Å². The second-order valence-corrected chi connectivity index (χ2v) is 8.39. The van der Waals surface area contributed by atoms with Gasteiger partial charge in [0.2, 0.25) is 0 Å². The number of hydrogen-bond donors (Lipinski definition) is 1. The molecule has 148 valence electrons. The number of carbonyl (C=O) groups is 1. The predicted octanol–water partition coefficient (Wildman–Crippen LogP) is 4.27. The van der Waals surface area contributed by atoms with Gasteiger partial charge < -0.3 is 5.32 Å². The highest BCUT2D eigenvalue weighted by Crippen LogP contribution is 2.52. The van der Waals surface area contributed by atoms with E-state index in [0.717, 1.165) is 46.4 Å². The van der Waals surface area contributed by atoms with Crippen molar-refractivity contribution in [3.8, 4) is 11.1 Å². The highest BCUT2D eigenvalue weighted by atomic mass is 16.1. The zero-order valence-corrected chi connectivity index (χ0v) is 17.0. The average molecular weight is 387 g/mol. The Morgan fingerprint density at radius 3 is 2.90 bits per heavy atom. The first-order valence-electron chi connectivity index (χ1n) is 10.3. The number of benzene rings is 1. The molecule has 0 fully saturated rings. The lowest BCUT2D eigenvalue weighted by Gasteiger charge is -2.46. The summed E-state index contributed by atoms with van der Waals surface area (Å²) in [6, 6.07) is 8.52. The summed E-state index contributed by atoms with van der Waals surface area (Å²) in [7, 11) is 1.92. The van der Waals surface area contributed by atoms with Crippen LogP contribution in [0.25, 0.3) is 11.1 Å². The third kappa shape index (κ3) is 2.62. The molecule has 3 atom stereocenters. The van der Waals surface area contributed by atoms with Crippen molar-refractivity contribution < 1.29 is 4.79 Å². The first-order valence-corrected chi connectivity index (χ1v) is 10.3. The van der Waals surface area contributed by atoms with E-state index in [-0.39, 0.29) is 11.9 Å². The summed E-state index contributed by atoms with van der Waals surface area (Å²) >= 11 is 0. The Bertz CT molecular complexity index is 1090. The summed E-state index contributed by atoms with van der Waals surface area (Å²) in [5.74, 6) is 0.583. The molecule has 2 aromatic rings. The zero-order valence-electron chi connectivity index (χ0n) is 17.0. The van der Waals surface area contributed by atoms with Crippen molar-refractivity contribution in [3.05, 3.63) is 65.3 Å². The van der Waals surface area contributed by atoms with Gasteiger partial charge in [-0.3, -0.25) is 9.48 Å². The van der Waals surface area contributed by atoms with Gasteiger partial charge in [0.1, 0.15) is 0 Å². The summed E-state index contributed by atoms with van der Waals surface area (Å²) in [5.41, 5.74) is 5.83. The molecule has 3 aliphatic rings. The molecule has 0 spiro atoms. The summed E-state index contributed by atoms with van der Waals surface area (Å²) < 4.78 is 1.81. The average Bonchev–Trinajstić information content (AvgIpc) is 3.35. The van der Waals surface area contributed by atoms with E-state index in [2.05, 4.69) is 58.8 Å². The molecule has 0 bridgehead atoms. The van der Waals surface area contributed by atoms with E-state index in [1.807, 2.05) is 30.3 Å². The lowest BCUT2D eigenvalue weighted by molar-refractivity contribution is -0.117. The van der Waals surface area contributed by atoms with Crippen LogP contribution in [0.5, 0.6) is 0 Å². The van der Waals surface area contributed by atoms with Crippen LogP contribution in [-0.4, -0.2) is 21.7 Å². The van der Waals surface area contributed by atoms with Crippen LogP contribution in [0.2, 0.25) is 0 Å². The Labute approximate surface area is 170 Å². The van der Waals surface area contributed by atoms with Gasteiger partial charge in [0, 0.05) is 42.1 Å². The highest BCUT2D eigenvalue weighted by molar-refractivity contribution is 6.01. The largest absolute Gasteiger partial charge is 0.362 e. The minimum absolute atomic E-state index is 0.186. The molecule has 0 saturated carbocycles.